The molecule has 1 atom stereocenters. The first-order valence-electron chi connectivity index (χ1n) is 6.77. The highest BCUT2D eigenvalue weighted by Gasteiger charge is 2.25. The van der Waals surface area contributed by atoms with Gasteiger partial charge in [0.05, 0.1) is 6.54 Å². The standard InChI is InChI=1S/C14H24N2/c1-2-10-16(11-13-7-8-13)12-14-6-4-3-5-9-15-14/h1,13-15H,3-12H2. The summed E-state index contributed by atoms with van der Waals surface area (Å²) in [6.07, 6.45) is 13.7. The minimum absolute atomic E-state index is 0.676. The summed E-state index contributed by atoms with van der Waals surface area (Å²) >= 11 is 0. The SMILES string of the molecule is C#CCN(CC1CC1)CC1CCCCCN1. The number of nitrogens with one attached hydrogen (secondary N) is 1. The molecule has 90 valence electrons. The Morgan fingerprint density at radius 2 is 2.00 bits per heavy atom. The maximum absolute atomic E-state index is 5.45. The van der Waals surface area contributed by atoms with Crippen molar-refractivity contribution >= 4 is 0 Å². The molecule has 2 nitrogen and oxygen atoms in total. The highest BCUT2D eigenvalue weighted by molar-refractivity contribution is 4.91. The van der Waals surface area contributed by atoms with Gasteiger partial charge in [-0.3, -0.25) is 4.90 Å². The predicted molar refractivity (Wildman–Crippen MR) is 68.3 cm³/mol. The van der Waals surface area contributed by atoms with Crippen LogP contribution in [0.25, 0.3) is 0 Å². The van der Waals surface area contributed by atoms with Crippen molar-refractivity contribution in [3.63, 3.8) is 0 Å². The molecular weight excluding hydrogens is 196 g/mol. The van der Waals surface area contributed by atoms with E-state index in [1.54, 1.807) is 0 Å². The Morgan fingerprint density at radius 1 is 1.12 bits per heavy atom. The van der Waals surface area contributed by atoms with Crippen molar-refractivity contribution < 1.29 is 0 Å². The zero-order chi connectivity index (χ0) is 11.2. The van der Waals surface area contributed by atoms with Gasteiger partial charge in [0.2, 0.25) is 0 Å². The molecule has 2 aliphatic rings. The summed E-state index contributed by atoms with van der Waals surface area (Å²) < 4.78 is 0. The van der Waals surface area contributed by atoms with Crippen molar-refractivity contribution in [2.75, 3.05) is 26.2 Å². The van der Waals surface area contributed by atoms with Crippen molar-refractivity contribution in [2.45, 2.75) is 44.6 Å². The van der Waals surface area contributed by atoms with Gasteiger partial charge in [-0.15, -0.1) is 6.42 Å². The number of hydrogen-bond donors (Lipinski definition) is 1. The fourth-order valence-electron chi connectivity index (χ4n) is 2.57. The van der Waals surface area contributed by atoms with E-state index in [9.17, 15) is 0 Å². The highest BCUT2D eigenvalue weighted by atomic mass is 15.1. The van der Waals surface area contributed by atoms with E-state index in [1.165, 1.54) is 51.6 Å². The molecule has 2 rings (SSSR count). The van der Waals surface area contributed by atoms with Gasteiger partial charge >= 0.3 is 0 Å². The molecular formula is C14H24N2. The summed E-state index contributed by atoms with van der Waals surface area (Å²) in [7, 11) is 0. The molecule has 0 aromatic rings. The van der Waals surface area contributed by atoms with Gasteiger partial charge in [-0.1, -0.05) is 18.8 Å². The van der Waals surface area contributed by atoms with E-state index in [0.717, 1.165) is 19.0 Å². The minimum atomic E-state index is 0.676. The molecule has 1 heterocycles. The Kier molecular flexibility index (Phi) is 4.69. The van der Waals surface area contributed by atoms with Crippen LogP contribution in [0.15, 0.2) is 0 Å². The maximum atomic E-state index is 5.45. The van der Waals surface area contributed by atoms with Crippen LogP contribution in [0.4, 0.5) is 0 Å². The lowest BCUT2D eigenvalue weighted by atomic mass is 10.1. The third-order valence-corrected chi connectivity index (χ3v) is 3.67. The highest BCUT2D eigenvalue weighted by Crippen LogP contribution is 2.29. The molecule has 2 fully saturated rings. The van der Waals surface area contributed by atoms with E-state index < -0.39 is 0 Å². The van der Waals surface area contributed by atoms with Gasteiger partial charge in [0, 0.05) is 19.1 Å². The average molecular weight is 220 g/mol. The third-order valence-electron chi connectivity index (χ3n) is 3.67. The smallest absolute Gasteiger partial charge is 0.0599 e. The molecule has 1 unspecified atom stereocenters. The quantitative estimate of drug-likeness (QED) is 0.712. The summed E-state index contributed by atoms with van der Waals surface area (Å²) in [5.74, 6) is 3.75. The van der Waals surface area contributed by atoms with Crippen LogP contribution < -0.4 is 5.32 Å². The largest absolute Gasteiger partial charge is 0.313 e. The second kappa shape index (κ2) is 6.27. The van der Waals surface area contributed by atoms with E-state index >= 15 is 0 Å². The minimum Gasteiger partial charge on any atom is -0.313 e. The second-order valence-electron chi connectivity index (χ2n) is 5.34. The molecule has 0 spiro atoms. The molecule has 1 N–H and O–H groups in total. The fraction of sp³-hybridized carbons (Fsp3) is 0.857. The number of nitrogens with zero attached hydrogens (tertiary/aromatic N) is 1. The van der Waals surface area contributed by atoms with Gasteiger partial charge in [0.25, 0.3) is 0 Å². The lowest BCUT2D eigenvalue weighted by Crippen LogP contribution is -2.41. The molecule has 0 aromatic carbocycles. The Bertz CT molecular complexity index is 232. The number of hydrogen-bond acceptors (Lipinski definition) is 2. The first-order valence-corrected chi connectivity index (χ1v) is 6.77. The van der Waals surface area contributed by atoms with Gasteiger partial charge in [-0.2, -0.15) is 0 Å². The molecule has 16 heavy (non-hydrogen) atoms. The Labute approximate surface area is 99.8 Å². The van der Waals surface area contributed by atoms with E-state index in [0.29, 0.717) is 6.04 Å². The molecule has 2 heteroatoms. The van der Waals surface area contributed by atoms with Crippen LogP contribution in [0, 0.1) is 18.3 Å². The van der Waals surface area contributed by atoms with Crippen molar-refractivity contribution in [3.05, 3.63) is 0 Å². The lowest BCUT2D eigenvalue weighted by molar-refractivity contribution is 0.255. The van der Waals surface area contributed by atoms with Gasteiger partial charge in [-0.05, 0) is 38.1 Å². The third kappa shape index (κ3) is 4.15. The summed E-state index contributed by atoms with van der Waals surface area (Å²) in [6, 6.07) is 0.676. The first kappa shape index (κ1) is 12.0. The zero-order valence-corrected chi connectivity index (χ0v) is 10.3. The van der Waals surface area contributed by atoms with Crippen LogP contribution >= 0.6 is 0 Å². The van der Waals surface area contributed by atoms with Crippen LogP contribution in [-0.4, -0.2) is 37.1 Å². The summed E-state index contributed by atoms with van der Waals surface area (Å²) in [6.45, 7) is 4.40. The van der Waals surface area contributed by atoms with Crippen LogP contribution in [-0.2, 0) is 0 Å². The van der Waals surface area contributed by atoms with Gasteiger partial charge in [0.15, 0.2) is 0 Å². The molecule has 0 amide bonds. The second-order valence-corrected chi connectivity index (χ2v) is 5.34. The first-order chi connectivity index (χ1) is 7.88. The van der Waals surface area contributed by atoms with Gasteiger partial charge in [-0.25, -0.2) is 0 Å². The van der Waals surface area contributed by atoms with Crippen molar-refractivity contribution in [1.82, 2.24) is 10.2 Å². The lowest BCUT2D eigenvalue weighted by Gasteiger charge is -2.25. The van der Waals surface area contributed by atoms with E-state index in [1.807, 2.05) is 0 Å². The Balaban J connectivity index is 1.75. The van der Waals surface area contributed by atoms with E-state index in [4.69, 9.17) is 6.42 Å². The van der Waals surface area contributed by atoms with Crippen LogP contribution in [0.5, 0.6) is 0 Å². The van der Waals surface area contributed by atoms with Crippen LogP contribution in [0.2, 0.25) is 0 Å². The van der Waals surface area contributed by atoms with E-state index in [2.05, 4.69) is 16.1 Å². The molecule has 1 aliphatic heterocycles. The van der Waals surface area contributed by atoms with Crippen LogP contribution in [0.1, 0.15) is 38.5 Å². The topological polar surface area (TPSA) is 15.3 Å². The Morgan fingerprint density at radius 3 is 2.75 bits per heavy atom. The molecule has 0 aromatic heterocycles. The molecule has 1 saturated carbocycles. The Hall–Kier alpha value is -0.520. The van der Waals surface area contributed by atoms with Gasteiger partial charge in [0.1, 0.15) is 0 Å². The predicted octanol–water partition coefficient (Wildman–Crippen LogP) is 1.86. The molecule has 1 saturated heterocycles. The zero-order valence-electron chi connectivity index (χ0n) is 10.3. The van der Waals surface area contributed by atoms with Crippen molar-refractivity contribution in [3.8, 4) is 12.3 Å². The summed E-state index contributed by atoms with van der Waals surface area (Å²) in [5, 5.41) is 3.65. The normalized spacial score (nSPS) is 26.4. The van der Waals surface area contributed by atoms with Crippen molar-refractivity contribution in [2.24, 2.45) is 5.92 Å². The fourth-order valence-corrected chi connectivity index (χ4v) is 2.57. The van der Waals surface area contributed by atoms with E-state index in [-0.39, 0.29) is 0 Å². The van der Waals surface area contributed by atoms with Gasteiger partial charge < -0.3 is 5.32 Å². The summed E-state index contributed by atoms with van der Waals surface area (Å²) in [5.41, 5.74) is 0. The summed E-state index contributed by atoms with van der Waals surface area (Å²) in [4.78, 5) is 2.47. The maximum Gasteiger partial charge on any atom is 0.0599 e. The average Bonchev–Trinajstić information content (AvgIpc) is 3.06. The molecule has 0 bridgehead atoms. The number of terminal acetylenes is 1. The molecule has 0 radical (unpaired) electrons. The van der Waals surface area contributed by atoms with Crippen molar-refractivity contribution in [1.29, 1.82) is 0 Å². The molecule has 1 aliphatic carbocycles. The monoisotopic (exact) mass is 220 g/mol. The van der Waals surface area contributed by atoms with Crippen LogP contribution in [0.3, 0.4) is 0 Å². The number of rotatable bonds is 5.